The summed E-state index contributed by atoms with van der Waals surface area (Å²) < 4.78 is 60.1. The number of aliphatic carboxylic acids is 1. The van der Waals surface area contributed by atoms with Crippen molar-refractivity contribution in [2.75, 3.05) is 26.2 Å². The van der Waals surface area contributed by atoms with Crippen LogP contribution in [0.5, 0.6) is 0 Å². The number of aliphatic hydroxyl groups is 1. The number of carbonyl (C=O) groups is 3. The molecule has 258 valence electrons. The van der Waals surface area contributed by atoms with Crippen molar-refractivity contribution >= 4 is 39.7 Å². The fourth-order valence-electron chi connectivity index (χ4n) is 4.94. The predicted octanol–water partition coefficient (Wildman–Crippen LogP) is -0.988. The number of carboxylic acids is 1. The number of likely N-dealkylation sites (tertiary alicyclic amines) is 2. The Kier molecular flexibility index (Phi) is 14.0. The fraction of sp³-hybridized carbons (Fsp3) is 0.577. The van der Waals surface area contributed by atoms with Gasteiger partial charge in [-0.2, -0.15) is 13.2 Å². The molecule has 11 N–H and O–H groups in total. The number of rotatable bonds is 10. The molecule has 2 fully saturated rings. The average Bonchev–Trinajstić information content (AvgIpc) is 2.96. The van der Waals surface area contributed by atoms with Crippen molar-refractivity contribution in [2.45, 2.75) is 62.3 Å². The Morgan fingerprint density at radius 3 is 2.13 bits per heavy atom. The van der Waals surface area contributed by atoms with E-state index in [9.17, 15) is 36.3 Å². The van der Waals surface area contributed by atoms with Crippen LogP contribution in [0.1, 0.15) is 37.7 Å². The zero-order valence-corrected chi connectivity index (χ0v) is 25.6. The fourth-order valence-corrected chi connectivity index (χ4v) is 6.29. The molecule has 2 heterocycles. The maximum atomic E-state index is 13.1. The molecule has 0 aromatic heterocycles. The molecular formula is C26H40F3N9O7S. The number of aliphatic hydroxyl groups excluding tert-OH is 1. The van der Waals surface area contributed by atoms with Crippen LogP contribution < -0.4 is 26.8 Å². The first-order valence-corrected chi connectivity index (χ1v) is 15.8. The first kappa shape index (κ1) is 38.0. The molecule has 16 nitrogen and oxygen atoms in total. The molecule has 0 spiro atoms. The summed E-state index contributed by atoms with van der Waals surface area (Å²) in [6.45, 7) is 1.06. The minimum absolute atomic E-state index is 0.0135. The molecule has 2 aliphatic rings. The summed E-state index contributed by atoms with van der Waals surface area (Å²) in [5, 5.41) is 37.8. The van der Waals surface area contributed by atoms with Crippen LogP contribution in [0.3, 0.4) is 0 Å². The summed E-state index contributed by atoms with van der Waals surface area (Å²) in [6.07, 6.45) is -3.66. The second kappa shape index (κ2) is 16.9. The van der Waals surface area contributed by atoms with E-state index in [1.54, 1.807) is 35.2 Å². The van der Waals surface area contributed by atoms with E-state index in [0.29, 0.717) is 50.9 Å². The van der Waals surface area contributed by atoms with Crippen LogP contribution in [0.2, 0.25) is 0 Å². The van der Waals surface area contributed by atoms with Gasteiger partial charge in [-0.05, 0) is 43.6 Å². The highest BCUT2D eigenvalue weighted by atomic mass is 32.2. The van der Waals surface area contributed by atoms with Crippen molar-refractivity contribution < 1.29 is 46.2 Å². The average molecular weight is 680 g/mol. The van der Waals surface area contributed by atoms with Gasteiger partial charge in [0.2, 0.25) is 21.8 Å². The van der Waals surface area contributed by atoms with Crippen molar-refractivity contribution in [3.63, 3.8) is 0 Å². The van der Waals surface area contributed by atoms with Gasteiger partial charge in [0.05, 0.1) is 18.3 Å². The van der Waals surface area contributed by atoms with E-state index in [0.717, 1.165) is 0 Å². The molecule has 2 saturated heterocycles. The molecule has 3 rings (SSSR count). The van der Waals surface area contributed by atoms with Crippen molar-refractivity contribution in [2.24, 2.45) is 17.4 Å². The van der Waals surface area contributed by atoms with E-state index in [-0.39, 0.29) is 30.0 Å². The smallest absolute Gasteiger partial charge is 0.475 e. The third-order valence-electron chi connectivity index (χ3n) is 7.28. The van der Waals surface area contributed by atoms with Crippen molar-refractivity contribution in [1.29, 1.82) is 10.8 Å². The Bertz CT molecular complexity index is 1330. The van der Waals surface area contributed by atoms with Gasteiger partial charge in [0.1, 0.15) is 12.3 Å². The lowest BCUT2D eigenvalue weighted by molar-refractivity contribution is -0.192. The molecule has 20 heteroatoms. The predicted molar refractivity (Wildman–Crippen MR) is 159 cm³/mol. The highest BCUT2D eigenvalue weighted by Gasteiger charge is 2.38. The molecular weight excluding hydrogens is 639 g/mol. The first-order chi connectivity index (χ1) is 21.4. The molecule has 0 radical (unpaired) electrons. The number of nitrogens with two attached hydrogens (primary N) is 2. The summed E-state index contributed by atoms with van der Waals surface area (Å²) in [5.41, 5.74) is 11.6. The number of halogens is 3. The molecule has 0 saturated carbocycles. The van der Waals surface area contributed by atoms with Crippen LogP contribution in [-0.2, 0) is 30.2 Å². The number of carboxylic acid groups (broad SMARTS) is 1. The van der Waals surface area contributed by atoms with Gasteiger partial charge >= 0.3 is 12.1 Å². The highest BCUT2D eigenvalue weighted by molar-refractivity contribution is 7.88. The number of amides is 2. The molecule has 0 aliphatic carbocycles. The molecule has 46 heavy (non-hydrogen) atoms. The number of hydrogen-bond donors (Lipinski definition) is 9. The summed E-state index contributed by atoms with van der Waals surface area (Å²) >= 11 is 0. The SMILES string of the molecule is N=C(N)N1CCC(C[C@@H](NS(=O)(=O)Cc2ccccc2)C(=O)NCC(=O)N[C@H]2CCCN(C(=N)N)C2O)CC1.O=C(O)C(F)(F)F. The standard InChI is InChI=1S/C24H39N9O5S.C2HF3O2/c25-23(26)32-11-8-16(9-12-32)13-19(31-39(37,38)15-17-5-2-1-3-6-17)21(35)29-14-20(34)30-18-7-4-10-33(22(18)36)24(27)28;3-2(4,5)1(6)7/h1-3,5-6,16,18-19,22,31,36H,4,7-15H2,(H3,25,26)(H3,27,28)(H,29,35)(H,30,34);(H,6,7)/t18-,19+,22?;/m0./s1. The van der Waals surface area contributed by atoms with Crippen molar-refractivity contribution in [3.05, 3.63) is 35.9 Å². The highest BCUT2D eigenvalue weighted by Crippen LogP contribution is 2.23. The molecule has 0 bridgehead atoms. The lowest BCUT2D eigenvalue weighted by Gasteiger charge is -2.38. The number of piperidine rings is 2. The molecule has 2 amide bonds. The molecule has 2 aliphatic heterocycles. The minimum atomic E-state index is -5.08. The van der Waals surface area contributed by atoms with Gasteiger partial charge < -0.3 is 42.1 Å². The second-order valence-corrected chi connectivity index (χ2v) is 12.5. The maximum Gasteiger partial charge on any atom is 0.490 e. The molecule has 1 aromatic carbocycles. The number of nitrogens with one attached hydrogen (secondary N) is 5. The Balaban J connectivity index is 0.000000942. The van der Waals surface area contributed by atoms with E-state index >= 15 is 0 Å². The van der Waals surface area contributed by atoms with Gasteiger partial charge in [0, 0.05) is 19.6 Å². The number of alkyl halides is 3. The van der Waals surface area contributed by atoms with Gasteiger partial charge in [-0.1, -0.05) is 30.3 Å². The van der Waals surface area contributed by atoms with Gasteiger partial charge in [-0.3, -0.25) is 20.4 Å². The monoisotopic (exact) mass is 679 g/mol. The number of sulfonamides is 1. The van der Waals surface area contributed by atoms with Crippen LogP contribution >= 0.6 is 0 Å². The maximum absolute atomic E-state index is 13.1. The van der Waals surface area contributed by atoms with E-state index in [4.69, 9.17) is 32.2 Å². The van der Waals surface area contributed by atoms with Gasteiger partial charge in [-0.25, -0.2) is 17.9 Å². The minimum Gasteiger partial charge on any atom is -0.475 e. The Hall–Kier alpha value is -4.17. The normalized spacial score (nSPS) is 19.7. The van der Waals surface area contributed by atoms with Gasteiger partial charge in [-0.15, -0.1) is 0 Å². The summed E-state index contributed by atoms with van der Waals surface area (Å²) in [5.74, 6) is -4.55. The third kappa shape index (κ3) is 12.7. The molecule has 1 unspecified atom stereocenters. The van der Waals surface area contributed by atoms with E-state index in [1.807, 2.05) is 0 Å². The Morgan fingerprint density at radius 2 is 1.61 bits per heavy atom. The van der Waals surface area contributed by atoms with Crippen molar-refractivity contribution in [3.8, 4) is 0 Å². The van der Waals surface area contributed by atoms with E-state index in [1.165, 1.54) is 4.90 Å². The zero-order valence-electron chi connectivity index (χ0n) is 24.8. The first-order valence-electron chi connectivity index (χ1n) is 14.2. The molecule has 3 atom stereocenters. The summed E-state index contributed by atoms with van der Waals surface area (Å²) in [7, 11) is -3.88. The van der Waals surface area contributed by atoms with Crippen LogP contribution in [0.15, 0.2) is 30.3 Å². The number of benzene rings is 1. The van der Waals surface area contributed by atoms with Crippen LogP contribution in [0.4, 0.5) is 13.2 Å². The lowest BCUT2D eigenvalue weighted by atomic mass is 9.90. The van der Waals surface area contributed by atoms with Crippen LogP contribution in [-0.4, -0.2) is 109 Å². The Labute approximate surface area is 263 Å². The van der Waals surface area contributed by atoms with Gasteiger partial charge in [0.15, 0.2) is 11.9 Å². The topological polar surface area (TPSA) is 268 Å². The second-order valence-electron chi connectivity index (χ2n) is 10.8. The summed E-state index contributed by atoms with van der Waals surface area (Å²) in [4.78, 5) is 37.6. The summed E-state index contributed by atoms with van der Waals surface area (Å²) in [6, 6.07) is 6.84. The van der Waals surface area contributed by atoms with Crippen LogP contribution in [0, 0.1) is 16.7 Å². The van der Waals surface area contributed by atoms with Crippen LogP contribution in [0.25, 0.3) is 0 Å². The zero-order chi connectivity index (χ0) is 34.7. The third-order valence-corrected chi connectivity index (χ3v) is 8.63. The Morgan fingerprint density at radius 1 is 1.02 bits per heavy atom. The molecule has 1 aromatic rings. The van der Waals surface area contributed by atoms with E-state index in [2.05, 4.69) is 15.4 Å². The van der Waals surface area contributed by atoms with E-state index < -0.39 is 58.8 Å². The number of hydrogen-bond acceptors (Lipinski definition) is 8. The largest absolute Gasteiger partial charge is 0.490 e. The lowest BCUT2D eigenvalue weighted by Crippen LogP contribution is -2.59. The number of carbonyl (C=O) groups excluding carboxylic acids is 2. The number of nitrogens with zero attached hydrogens (tertiary/aromatic N) is 2. The quantitative estimate of drug-likeness (QED) is 0.107. The van der Waals surface area contributed by atoms with Crippen molar-refractivity contribution in [1.82, 2.24) is 25.2 Å². The number of guanidine groups is 2. The van der Waals surface area contributed by atoms with Gasteiger partial charge in [0.25, 0.3) is 0 Å².